The highest BCUT2D eigenvalue weighted by atomic mass is 35.5. The summed E-state index contributed by atoms with van der Waals surface area (Å²) in [5, 5.41) is 3.03. The predicted octanol–water partition coefficient (Wildman–Crippen LogP) is 2.91. The van der Waals surface area contributed by atoms with Gasteiger partial charge in [-0.1, -0.05) is 30.3 Å². The van der Waals surface area contributed by atoms with Crippen molar-refractivity contribution in [2.45, 2.75) is 30.3 Å². The molecule has 1 aliphatic heterocycles. The molecule has 0 radical (unpaired) electrons. The van der Waals surface area contributed by atoms with E-state index in [9.17, 15) is 13.2 Å². The lowest BCUT2D eigenvalue weighted by Crippen LogP contribution is -2.44. The minimum absolute atomic E-state index is 0. The lowest BCUT2D eigenvalue weighted by molar-refractivity contribution is 0.0905. The Balaban J connectivity index is 0.00000300. The highest BCUT2D eigenvalue weighted by Gasteiger charge is 2.23. The van der Waals surface area contributed by atoms with Crippen molar-refractivity contribution in [1.82, 2.24) is 10.2 Å². The van der Waals surface area contributed by atoms with Crippen LogP contribution < -0.4 is 10.1 Å². The van der Waals surface area contributed by atoms with Crippen molar-refractivity contribution in [2.24, 2.45) is 0 Å². The smallest absolute Gasteiger partial charge is 0.255 e. The number of amides is 1. The quantitative estimate of drug-likeness (QED) is 0.750. The molecule has 6 nitrogen and oxygen atoms in total. The maximum atomic E-state index is 12.7. The lowest BCUT2D eigenvalue weighted by Gasteiger charge is -2.32. The Morgan fingerprint density at radius 2 is 1.79 bits per heavy atom. The van der Waals surface area contributed by atoms with Gasteiger partial charge in [0.25, 0.3) is 5.91 Å². The third-order valence-electron chi connectivity index (χ3n) is 5.02. The van der Waals surface area contributed by atoms with Gasteiger partial charge in [-0.05, 0) is 36.6 Å². The monoisotopic (exact) mass is 438 g/mol. The van der Waals surface area contributed by atoms with Crippen LogP contribution in [0.15, 0.2) is 53.4 Å². The highest BCUT2D eigenvalue weighted by Crippen LogP contribution is 2.23. The van der Waals surface area contributed by atoms with E-state index < -0.39 is 9.84 Å². The molecule has 1 aliphatic rings. The van der Waals surface area contributed by atoms with Crippen LogP contribution >= 0.6 is 12.4 Å². The third-order valence-corrected chi connectivity index (χ3v) is 6.13. The van der Waals surface area contributed by atoms with Gasteiger partial charge in [0, 0.05) is 31.9 Å². The van der Waals surface area contributed by atoms with Gasteiger partial charge in [-0.3, -0.25) is 9.69 Å². The van der Waals surface area contributed by atoms with Crippen LogP contribution in [-0.4, -0.2) is 51.7 Å². The minimum Gasteiger partial charge on any atom is -0.496 e. The van der Waals surface area contributed by atoms with Crippen molar-refractivity contribution in [3.05, 3.63) is 59.7 Å². The molecule has 1 amide bonds. The Hall–Kier alpha value is -2.09. The Morgan fingerprint density at radius 3 is 2.38 bits per heavy atom. The normalized spacial score (nSPS) is 15.4. The summed E-state index contributed by atoms with van der Waals surface area (Å²) in [5.74, 6) is 0.0651. The number of hydrogen-bond acceptors (Lipinski definition) is 5. The average Bonchev–Trinajstić information content (AvgIpc) is 2.69. The van der Waals surface area contributed by atoms with Gasteiger partial charge >= 0.3 is 0 Å². The summed E-state index contributed by atoms with van der Waals surface area (Å²) in [6.45, 7) is 2.71. The number of piperidine rings is 1. The molecule has 0 aliphatic carbocycles. The SMILES string of the molecule is COc1ccc(S(C)(=O)=O)cc1C(=O)NC1CCN(Cc2ccccc2)CC1.Cl. The number of halogens is 1. The Bertz CT molecular complexity index is 927. The van der Waals surface area contributed by atoms with Gasteiger partial charge in [0.1, 0.15) is 5.75 Å². The number of benzene rings is 2. The molecule has 8 heteroatoms. The molecule has 0 saturated carbocycles. The number of ether oxygens (including phenoxy) is 1. The molecule has 158 valence electrons. The summed E-state index contributed by atoms with van der Waals surface area (Å²) in [6, 6.07) is 14.8. The first-order valence-corrected chi connectivity index (χ1v) is 11.2. The van der Waals surface area contributed by atoms with Crippen molar-refractivity contribution < 1.29 is 17.9 Å². The van der Waals surface area contributed by atoms with Crippen LogP contribution in [0.3, 0.4) is 0 Å². The second-order valence-electron chi connectivity index (χ2n) is 7.14. The van der Waals surface area contributed by atoms with Gasteiger partial charge in [0.2, 0.25) is 0 Å². The fourth-order valence-corrected chi connectivity index (χ4v) is 4.08. The van der Waals surface area contributed by atoms with Gasteiger partial charge in [-0.15, -0.1) is 12.4 Å². The molecule has 0 atom stereocenters. The first kappa shape index (κ1) is 23.2. The molecule has 0 bridgehead atoms. The lowest BCUT2D eigenvalue weighted by atomic mass is 10.0. The van der Waals surface area contributed by atoms with E-state index in [2.05, 4.69) is 22.3 Å². The number of hydrogen-bond donors (Lipinski definition) is 1. The maximum Gasteiger partial charge on any atom is 0.255 e. The molecule has 0 unspecified atom stereocenters. The predicted molar refractivity (Wildman–Crippen MR) is 116 cm³/mol. The van der Waals surface area contributed by atoms with Crippen LogP contribution in [0, 0.1) is 0 Å². The number of nitrogens with zero attached hydrogens (tertiary/aromatic N) is 1. The van der Waals surface area contributed by atoms with Gasteiger partial charge in [-0.25, -0.2) is 8.42 Å². The molecular weight excluding hydrogens is 412 g/mol. The van der Waals surface area contributed by atoms with E-state index in [1.807, 2.05) is 18.2 Å². The van der Waals surface area contributed by atoms with Gasteiger partial charge in [0.05, 0.1) is 17.6 Å². The summed E-state index contributed by atoms with van der Waals surface area (Å²) < 4.78 is 28.9. The first-order chi connectivity index (χ1) is 13.4. The summed E-state index contributed by atoms with van der Waals surface area (Å²) in [7, 11) is -1.93. The Morgan fingerprint density at radius 1 is 1.14 bits per heavy atom. The molecule has 0 spiro atoms. The molecular formula is C21H27ClN2O4S. The molecule has 1 N–H and O–H groups in total. The number of likely N-dealkylation sites (tertiary alicyclic amines) is 1. The third kappa shape index (κ3) is 6.19. The summed E-state index contributed by atoms with van der Waals surface area (Å²) in [4.78, 5) is 15.2. The van der Waals surface area contributed by atoms with Crippen molar-refractivity contribution in [1.29, 1.82) is 0 Å². The molecule has 1 heterocycles. The molecule has 3 rings (SSSR count). The fourth-order valence-electron chi connectivity index (χ4n) is 3.44. The van der Waals surface area contributed by atoms with E-state index in [1.165, 1.54) is 30.9 Å². The number of carbonyl (C=O) groups excluding carboxylic acids is 1. The van der Waals surface area contributed by atoms with Crippen molar-refractivity contribution in [3.8, 4) is 5.75 Å². The zero-order valence-corrected chi connectivity index (χ0v) is 18.3. The van der Waals surface area contributed by atoms with Crippen molar-refractivity contribution in [3.63, 3.8) is 0 Å². The first-order valence-electron chi connectivity index (χ1n) is 9.32. The number of sulfone groups is 1. The number of carbonyl (C=O) groups is 1. The van der Waals surface area contributed by atoms with Crippen LogP contribution in [0.4, 0.5) is 0 Å². The molecule has 1 saturated heterocycles. The summed E-state index contributed by atoms with van der Waals surface area (Å²) in [6.07, 6.45) is 2.83. The van der Waals surface area contributed by atoms with Crippen LogP contribution in [0.2, 0.25) is 0 Å². The second kappa shape index (κ2) is 10.1. The highest BCUT2D eigenvalue weighted by molar-refractivity contribution is 7.90. The molecule has 1 fully saturated rings. The van der Waals surface area contributed by atoms with E-state index in [0.717, 1.165) is 38.7 Å². The van der Waals surface area contributed by atoms with Crippen molar-refractivity contribution >= 4 is 28.2 Å². The van der Waals surface area contributed by atoms with Crippen LogP contribution in [0.25, 0.3) is 0 Å². The van der Waals surface area contributed by atoms with Crippen molar-refractivity contribution in [2.75, 3.05) is 26.5 Å². The maximum absolute atomic E-state index is 12.7. The zero-order valence-electron chi connectivity index (χ0n) is 16.6. The largest absolute Gasteiger partial charge is 0.496 e. The van der Waals surface area contributed by atoms with Crippen LogP contribution in [-0.2, 0) is 16.4 Å². The second-order valence-corrected chi connectivity index (χ2v) is 9.16. The summed E-state index contributed by atoms with van der Waals surface area (Å²) >= 11 is 0. The Kier molecular flexibility index (Phi) is 8.07. The van der Waals surface area contributed by atoms with Gasteiger partial charge in [-0.2, -0.15) is 0 Å². The number of methoxy groups -OCH3 is 1. The Labute approximate surface area is 178 Å². The van der Waals surface area contributed by atoms with Gasteiger partial charge in [0.15, 0.2) is 9.84 Å². The van der Waals surface area contributed by atoms with Crippen LogP contribution in [0.1, 0.15) is 28.8 Å². The van der Waals surface area contributed by atoms with Gasteiger partial charge < -0.3 is 10.1 Å². The topological polar surface area (TPSA) is 75.7 Å². The van der Waals surface area contributed by atoms with E-state index >= 15 is 0 Å². The summed E-state index contributed by atoms with van der Waals surface area (Å²) in [5.41, 5.74) is 1.53. The van der Waals surface area contributed by atoms with Crippen LogP contribution in [0.5, 0.6) is 5.75 Å². The number of nitrogens with one attached hydrogen (secondary N) is 1. The van der Waals surface area contributed by atoms with E-state index in [0.29, 0.717) is 5.75 Å². The zero-order chi connectivity index (χ0) is 20.1. The van der Waals surface area contributed by atoms with E-state index in [1.54, 1.807) is 0 Å². The van der Waals surface area contributed by atoms with E-state index in [-0.39, 0.29) is 34.8 Å². The fraction of sp³-hybridized carbons (Fsp3) is 0.381. The molecule has 29 heavy (non-hydrogen) atoms. The number of rotatable bonds is 6. The van der Waals surface area contributed by atoms with E-state index in [4.69, 9.17) is 4.74 Å². The minimum atomic E-state index is -3.40. The molecule has 2 aromatic carbocycles. The molecule has 2 aromatic rings. The standard InChI is InChI=1S/C21H26N2O4S.ClH/c1-27-20-9-8-18(28(2,25)26)14-19(20)21(24)22-17-10-12-23(13-11-17)15-16-6-4-3-5-7-16;/h3-9,14,17H,10-13,15H2,1-2H3,(H,22,24);1H. The average molecular weight is 439 g/mol. The molecule has 0 aromatic heterocycles.